The summed E-state index contributed by atoms with van der Waals surface area (Å²) in [5.41, 5.74) is -0.532. The van der Waals surface area contributed by atoms with Gasteiger partial charge >= 0.3 is 0 Å². The van der Waals surface area contributed by atoms with Crippen molar-refractivity contribution in [3.05, 3.63) is 71.3 Å². The van der Waals surface area contributed by atoms with Gasteiger partial charge in [0.05, 0.1) is 6.54 Å². The van der Waals surface area contributed by atoms with Gasteiger partial charge in [-0.2, -0.15) is 0 Å². The average molecular weight is 331 g/mol. The molecule has 24 heavy (non-hydrogen) atoms. The van der Waals surface area contributed by atoms with Gasteiger partial charge in [0.1, 0.15) is 17.2 Å². The quantitative estimate of drug-likeness (QED) is 0.884. The Morgan fingerprint density at radius 1 is 1.17 bits per heavy atom. The van der Waals surface area contributed by atoms with Gasteiger partial charge < -0.3 is 10.4 Å². The molecule has 1 fully saturated rings. The SMILES string of the molecule is CC(O)(CNC(=O)C1CC1c1c(F)cccc1F)c1ccccc1. The fourth-order valence-corrected chi connectivity index (χ4v) is 2.96. The van der Waals surface area contributed by atoms with Crippen LogP contribution in [0.25, 0.3) is 0 Å². The third kappa shape index (κ3) is 3.31. The lowest BCUT2D eigenvalue weighted by Crippen LogP contribution is -2.39. The van der Waals surface area contributed by atoms with Crippen LogP contribution in [0, 0.1) is 17.6 Å². The Hall–Kier alpha value is -2.27. The van der Waals surface area contributed by atoms with Crippen LogP contribution in [0.5, 0.6) is 0 Å². The molecule has 0 heterocycles. The summed E-state index contributed by atoms with van der Waals surface area (Å²) in [6, 6.07) is 12.7. The van der Waals surface area contributed by atoms with Gasteiger partial charge in [-0.15, -0.1) is 0 Å². The minimum Gasteiger partial charge on any atom is -0.384 e. The van der Waals surface area contributed by atoms with Crippen molar-refractivity contribution in [2.45, 2.75) is 24.9 Å². The van der Waals surface area contributed by atoms with Crippen LogP contribution in [0.1, 0.15) is 30.4 Å². The molecular formula is C19H19F2NO2. The molecule has 3 nitrogen and oxygen atoms in total. The van der Waals surface area contributed by atoms with Crippen LogP contribution in [-0.4, -0.2) is 17.6 Å². The number of amides is 1. The first-order valence-electron chi connectivity index (χ1n) is 7.89. The largest absolute Gasteiger partial charge is 0.384 e. The lowest BCUT2D eigenvalue weighted by molar-refractivity contribution is -0.123. The number of hydrogen-bond donors (Lipinski definition) is 2. The highest BCUT2D eigenvalue weighted by Gasteiger charge is 2.46. The molecule has 0 radical (unpaired) electrons. The number of nitrogens with one attached hydrogen (secondary N) is 1. The number of benzene rings is 2. The van der Waals surface area contributed by atoms with Gasteiger partial charge in [0.15, 0.2) is 0 Å². The zero-order chi connectivity index (χ0) is 17.3. The van der Waals surface area contributed by atoms with Crippen molar-refractivity contribution in [3.63, 3.8) is 0 Å². The number of hydrogen-bond acceptors (Lipinski definition) is 2. The van der Waals surface area contributed by atoms with E-state index in [1.165, 1.54) is 18.2 Å². The van der Waals surface area contributed by atoms with Crippen molar-refractivity contribution >= 4 is 5.91 Å². The predicted molar refractivity (Wildman–Crippen MR) is 86.2 cm³/mol. The van der Waals surface area contributed by atoms with Gasteiger partial charge in [-0.05, 0) is 31.0 Å². The number of carbonyl (C=O) groups is 1. The topological polar surface area (TPSA) is 49.3 Å². The second kappa shape index (κ2) is 6.32. The summed E-state index contributed by atoms with van der Waals surface area (Å²) in [5.74, 6) is -2.42. The maximum atomic E-state index is 13.8. The minimum absolute atomic E-state index is 0.0209. The zero-order valence-electron chi connectivity index (χ0n) is 13.3. The monoisotopic (exact) mass is 331 g/mol. The molecule has 126 valence electrons. The standard InChI is InChI=1S/C19H19F2NO2/c1-19(24,12-6-3-2-4-7-12)11-22-18(23)14-10-13(14)17-15(20)8-5-9-16(17)21/h2-9,13-14,24H,10-11H2,1H3,(H,22,23). The van der Waals surface area contributed by atoms with Crippen molar-refractivity contribution in [1.82, 2.24) is 5.32 Å². The lowest BCUT2D eigenvalue weighted by Gasteiger charge is -2.24. The van der Waals surface area contributed by atoms with E-state index in [4.69, 9.17) is 0 Å². The summed E-state index contributed by atoms with van der Waals surface area (Å²) in [7, 11) is 0. The summed E-state index contributed by atoms with van der Waals surface area (Å²) < 4.78 is 27.5. The molecule has 5 heteroatoms. The number of carbonyl (C=O) groups excluding carboxylic acids is 1. The molecule has 3 unspecified atom stereocenters. The fourth-order valence-electron chi connectivity index (χ4n) is 2.96. The highest BCUT2D eigenvalue weighted by molar-refractivity contribution is 5.83. The molecule has 0 aromatic heterocycles. The summed E-state index contributed by atoms with van der Waals surface area (Å²) in [6.45, 7) is 1.66. The first-order chi connectivity index (χ1) is 11.4. The highest BCUT2D eigenvalue weighted by Crippen LogP contribution is 2.49. The van der Waals surface area contributed by atoms with Crippen LogP contribution in [0.15, 0.2) is 48.5 Å². The molecule has 2 N–H and O–H groups in total. The van der Waals surface area contributed by atoms with Crippen molar-refractivity contribution in [3.8, 4) is 0 Å². The van der Waals surface area contributed by atoms with E-state index in [2.05, 4.69) is 5.32 Å². The van der Waals surface area contributed by atoms with Crippen LogP contribution in [0.2, 0.25) is 0 Å². The van der Waals surface area contributed by atoms with Gasteiger partial charge in [0, 0.05) is 17.4 Å². The second-order valence-corrected chi connectivity index (χ2v) is 6.44. The Bertz CT molecular complexity index is 726. The smallest absolute Gasteiger partial charge is 0.223 e. The van der Waals surface area contributed by atoms with Gasteiger partial charge in [0.2, 0.25) is 5.91 Å². The van der Waals surface area contributed by atoms with Crippen molar-refractivity contribution in [2.75, 3.05) is 6.54 Å². The Labute approximate surface area is 139 Å². The maximum Gasteiger partial charge on any atom is 0.223 e. The van der Waals surface area contributed by atoms with E-state index in [1.807, 2.05) is 18.2 Å². The maximum absolute atomic E-state index is 13.8. The number of aliphatic hydroxyl groups is 1. The zero-order valence-corrected chi connectivity index (χ0v) is 13.3. The summed E-state index contributed by atoms with van der Waals surface area (Å²) >= 11 is 0. The lowest BCUT2D eigenvalue weighted by atomic mass is 9.96. The van der Waals surface area contributed by atoms with Gasteiger partial charge in [-0.1, -0.05) is 36.4 Å². The fraction of sp³-hybridized carbons (Fsp3) is 0.316. The molecule has 2 aromatic carbocycles. The van der Waals surface area contributed by atoms with E-state index in [-0.39, 0.29) is 18.0 Å². The first kappa shape index (κ1) is 16.6. The molecule has 1 amide bonds. The molecular weight excluding hydrogens is 312 g/mol. The van der Waals surface area contributed by atoms with Gasteiger partial charge in [-0.3, -0.25) is 4.79 Å². The van der Waals surface area contributed by atoms with Crippen LogP contribution < -0.4 is 5.32 Å². The van der Waals surface area contributed by atoms with E-state index in [0.717, 1.165) is 0 Å². The Kier molecular flexibility index (Phi) is 4.37. The molecule has 0 aliphatic heterocycles. The third-order valence-corrected chi connectivity index (χ3v) is 4.50. The van der Waals surface area contributed by atoms with Crippen LogP contribution in [-0.2, 0) is 10.4 Å². The molecule has 1 saturated carbocycles. The predicted octanol–water partition coefficient (Wildman–Crippen LogP) is 3.09. The number of halogens is 2. The Morgan fingerprint density at radius 2 is 1.79 bits per heavy atom. The summed E-state index contributed by atoms with van der Waals surface area (Å²) in [5, 5.41) is 13.2. The second-order valence-electron chi connectivity index (χ2n) is 6.44. The molecule has 0 bridgehead atoms. The van der Waals surface area contributed by atoms with Crippen LogP contribution in [0.4, 0.5) is 8.78 Å². The minimum atomic E-state index is -1.20. The molecule has 0 saturated heterocycles. The van der Waals surface area contributed by atoms with E-state index in [9.17, 15) is 18.7 Å². The number of rotatable bonds is 5. The Morgan fingerprint density at radius 3 is 2.42 bits per heavy atom. The Balaban J connectivity index is 1.61. The normalized spacial score (nSPS) is 21.8. The van der Waals surface area contributed by atoms with E-state index in [0.29, 0.717) is 12.0 Å². The van der Waals surface area contributed by atoms with Crippen LogP contribution >= 0.6 is 0 Å². The molecule has 1 aliphatic rings. The first-order valence-corrected chi connectivity index (χ1v) is 7.89. The van der Waals surface area contributed by atoms with Gasteiger partial charge in [0.25, 0.3) is 0 Å². The van der Waals surface area contributed by atoms with Gasteiger partial charge in [-0.25, -0.2) is 8.78 Å². The highest BCUT2D eigenvalue weighted by atomic mass is 19.1. The summed E-state index contributed by atoms with van der Waals surface area (Å²) in [4.78, 5) is 12.2. The van der Waals surface area contributed by atoms with E-state index < -0.39 is 29.1 Å². The van der Waals surface area contributed by atoms with E-state index in [1.54, 1.807) is 19.1 Å². The van der Waals surface area contributed by atoms with E-state index >= 15 is 0 Å². The average Bonchev–Trinajstić information content (AvgIpc) is 3.34. The van der Waals surface area contributed by atoms with Crippen molar-refractivity contribution in [2.24, 2.45) is 5.92 Å². The molecule has 3 rings (SSSR count). The van der Waals surface area contributed by atoms with Crippen molar-refractivity contribution < 1.29 is 18.7 Å². The molecule has 3 atom stereocenters. The molecule has 2 aromatic rings. The van der Waals surface area contributed by atoms with Crippen LogP contribution in [0.3, 0.4) is 0 Å². The molecule has 1 aliphatic carbocycles. The van der Waals surface area contributed by atoms with Crippen molar-refractivity contribution in [1.29, 1.82) is 0 Å². The third-order valence-electron chi connectivity index (χ3n) is 4.50. The summed E-state index contributed by atoms with van der Waals surface area (Å²) in [6.07, 6.45) is 0.414. The molecule has 0 spiro atoms.